The fraction of sp³-hybridized carbons (Fsp3) is 0.368. The van der Waals surface area contributed by atoms with Gasteiger partial charge in [-0.1, -0.05) is 76.2 Å². The van der Waals surface area contributed by atoms with Crippen molar-refractivity contribution in [3.63, 3.8) is 0 Å². The second-order valence-corrected chi connectivity index (χ2v) is 16.6. The maximum Gasteiger partial charge on any atom is 0.167 e. The van der Waals surface area contributed by atoms with Crippen LogP contribution in [0.4, 0.5) is 17.6 Å². The van der Waals surface area contributed by atoms with Gasteiger partial charge in [0, 0.05) is 6.04 Å². The Labute approximate surface area is 276 Å². The Balaban J connectivity index is 1.71. The first kappa shape index (κ1) is 33.6. The zero-order chi connectivity index (χ0) is 33.7. The molecule has 6 rings (SSSR count). The zero-order valence-corrected chi connectivity index (χ0v) is 28.7. The summed E-state index contributed by atoms with van der Waals surface area (Å²) < 4.78 is 68.5. The van der Waals surface area contributed by atoms with Crippen LogP contribution in [0.2, 0.25) is 0 Å². The minimum absolute atomic E-state index is 0.171. The van der Waals surface area contributed by atoms with Crippen LogP contribution in [-0.2, 0) is 11.1 Å². The third-order valence-corrected chi connectivity index (χ3v) is 13.5. The molecule has 4 aromatic rings. The van der Waals surface area contributed by atoms with Gasteiger partial charge in [-0.3, -0.25) is 0 Å². The molecule has 1 saturated heterocycles. The Morgan fingerprint density at radius 1 is 0.574 bits per heavy atom. The molecule has 3 atom stereocenters. The first-order chi connectivity index (χ1) is 22.3. The molecule has 2 heterocycles. The number of benzene rings is 4. The number of hydrogen-bond donors (Lipinski definition) is 1. The highest BCUT2D eigenvalue weighted by Gasteiger charge is 2.64. The molecule has 248 valence electrons. The van der Waals surface area contributed by atoms with Gasteiger partial charge in [-0.25, -0.2) is 36.7 Å². The van der Waals surface area contributed by atoms with E-state index in [0.717, 1.165) is 35.1 Å². The smallest absolute Gasteiger partial charge is 0.167 e. The Morgan fingerprint density at radius 3 is 1.26 bits per heavy atom. The third-order valence-electron chi connectivity index (χ3n) is 9.94. The normalized spacial score (nSPS) is 24.0. The summed E-state index contributed by atoms with van der Waals surface area (Å²) in [6.07, 6.45) is 1.51. The van der Waals surface area contributed by atoms with Gasteiger partial charge in [-0.05, 0) is 110 Å². The van der Waals surface area contributed by atoms with E-state index >= 15 is 0 Å². The Hall–Kier alpha value is -3.29. The van der Waals surface area contributed by atoms with Crippen molar-refractivity contribution >= 4 is 7.51 Å². The number of nitrogens with one attached hydrogen (secondary N) is 1. The van der Waals surface area contributed by atoms with Crippen molar-refractivity contribution in [3.8, 4) is 0 Å². The van der Waals surface area contributed by atoms with E-state index in [1.807, 2.05) is 24.3 Å². The van der Waals surface area contributed by atoms with E-state index in [9.17, 15) is 17.6 Å². The maximum atomic E-state index is 14.4. The van der Waals surface area contributed by atoms with E-state index in [2.05, 4.69) is 56.2 Å². The lowest BCUT2D eigenvalue weighted by molar-refractivity contribution is 0.242. The minimum atomic E-state index is -2.89. The second-order valence-electron chi connectivity index (χ2n) is 13.8. The number of nitrogens with zero attached hydrogens (tertiary/aromatic N) is 3. The molecule has 4 nitrogen and oxygen atoms in total. The van der Waals surface area contributed by atoms with Gasteiger partial charge >= 0.3 is 0 Å². The highest BCUT2D eigenvalue weighted by atomic mass is 31.2. The first-order valence-corrected chi connectivity index (χ1v) is 17.9. The summed E-state index contributed by atoms with van der Waals surface area (Å²) in [6, 6.07) is 25.7. The van der Waals surface area contributed by atoms with Crippen molar-refractivity contribution in [1.82, 2.24) is 14.4 Å². The Bertz CT molecular complexity index is 1660. The SMILES string of the molecule is CC(C)C[C@@H]1N(C)[P@@]2(=NC1(c1ccc(F)cc1)c1ccc(F)cc1)NC(c1ccc(F)cc1)(c1ccc(F)cc1)[C@H](CC(C)C)N2C. The van der Waals surface area contributed by atoms with Crippen LogP contribution >= 0.6 is 7.51 Å². The Morgan fingerprint density at radius 2 is 0.894 bits per heavy atom. The summed E-state index contributed by atoms with van der Waals surface area (Å²) in [6.45, 7) is 8.70. The van der Waals surface area contributed by atoms with Gasteiger partial charge in [0.25, 0.3) is 0 Å². The molecule has 0 saturated carbocycles. The zero-order valence-electron chi connectivity index (χ0n) is 27.8. The molecule has 47 heavy (non-hydrogen) atoms. The van der Waals surface area contributed by atoms with Crippen LogP contribution in [0.5, 0.6) is 0 Å². The third kappa shape index (κ3) is 5.57. The molecular weight excluding hydrogens is 619 g/mol. The number of hydrogen-bond acceptors (Lipinski definition) is 4. The van der Waals surface area contributed by atoms with Crippen molar-refractivity contribution in [3.05, 3.63) is 143 Å². The summed E-state index contributed by atoms with van der Waals surface area (Å²) in [7, 11) is 1.31. The molecule has 9 heteroatoms. The van der Waals surface area contributed by atoms with Gasteiger partial charge in [0.2, 0.25) is 0 Å². The number of halogens is 4. The largest absolute Gasteiger partial charge is 0.244 e. The second kappa shape index (κ2) is 12.6. The van der Waals surface area contributed by atoms with E-state index in [0.29, 0.717) is 0 Å². The highest BCUT2D eigenvalue weighted by Crippen LogP contribution is 2.72. The molecule has 0 radical (unpaired) electrons. The maximum absolute atomic E-state index is 14.4. The molecule has 0 aromatic heterocycles. The molecule has 1 fully saturated rings. The predicted molar refractivity (Wildman–Crippen MR) is 182 cm³/mol. The monoisotopic (exact) mass is 662 g/mol. The van der Waals surface area contributed by atoms with Gasteiger partial charge in [-0.15, -0.1) is 0 Å². The molecule has 0 aliphatic carbocycles. The van der Waals surface area contributed by atoms with Gasteiger partial charge in [-0.2, -0.15) is 0 Å². The molecule has 0 amide bonds. The van der Waals surface area contributed by atoms with Crippen LogP contribution in [0.25, 0.3) is 0 Å². The fourth-order valence-electron chi connectivity index (χ4n) is 7.81. The summed E-state index contributed by atoms with van der Waals surface area (Å²) in [5, 5.41) is 4.13. The van der Waals surface area contributed by atoms with Gasteiger partial charge < -0.3 is 0 Å². The predicted octanol–water partition coefficient (Wildman–Crippen LogP) is 9.69. The lowest BCUT2D eigenvalue weighted by atomic mass is 9.75. The van der Waals surface area contributed by atoms with Gasteiger partial charge in [0.05, 0.1) is 11.6 Å². The van der Waals surface area contributed by atoms with Crippen molar-refractivity contribution in [2.45, 2.75) is 63.7 Å². The Kier molecular flexibility index (Phi) is 9.03. The molecule has 0 bridgehead atoms. The van der Waals surface area contributed by atoms with E-state index in [1.54, 1.807) is 24.3 Å². The van der Waals surface area contributed by atoms with E-state index in [1.165, 1.54) is 48.5 Å². The van der Waals surface area contributed by atoms with E-state index in [4.69, 9.17) is 4.74 Å². The van der Waals surface area contributed by atoms with Gasteiger partial charge in [0.15, 0.2) is 7.51 Å². The minimum Gasteiger partial charge on any atom is -0.244 e. The van der Waals surface area contributed by atoms with Crippen LogP contribution in [0, 0.1) is 35.1 Å². The molecule has 2 aliphatic rings. The quantitative estimate of drug-likeness (QED) is 0.151. The van der Waals surface area contributed by atoms with Crippen LogP contribution in [0.3, 0.4) is 0 Å². The van der Waals surface area contributed by atoms with Crippen LogP contribution < -0.4 is 5.09 Å². The van der Waals surface area contributed by atoms with Crippen LogP contribution in [0.15, 0.2) is 102 Å². The molecule has 0 unspecified atom stereocenters. The summed E-state index contributed by atoms with van der Waals surface area (Å²) >= 11 is 0. The van der Waals surface area contributed by atoms with Crippen molar-refractivity contribution in [1.29, 1.82) is 0 Å². The highest BCUT2D eigenvalue weighted by molar-refractivity contribution is 7.60. The van der Waals surface area contributed by atoms with E-state index in [-0.39, 0.29) is 47.2 Å². The lowest BCUT2D eigenvalue weighted by Gasteiger charge is -2.39. The van der Waals surface area contributed by atoms with Crippen molar-refractivity contribution in [2.24, 2.45) is 16.6 Å². The summed E-state index contributed by atoms with van der Waals surface area (Å²) in [5.41, 5.74) is 1.46. The standard InChI is InChI=1S/C38H43F4N4P/c1-25(2)23-35-37(27-7-15-31(39)16-8-27,28-9-17-32(40)18-10-28)43-47(45(35)5)44-38(29-11-19-33(41)20-12-29,30-13-21-34(42)22-14-30)36(46(47)6)24-26(3)4/h7-22,25-26,35-36,43H,23-24H2,1-6H3/t35-,36-,47+/m0/s1. The summed E-state index contributed by atoms with van der Waals surface area (Å²) in [4.78, 5) is 0. The van der Waals surface area contributed by atoms with Crippen molar-refractivity contribution in [2.75, 3.05) is 14.1 Å². The fourth-order valence-corrected chi connectivity index (χ4v) is 11.9. The molecular formula is C38H43F4N4P. The summed E-state index contributed by atoms with van der Waals surface area (Å²) in [5.74, 6) is -0.829. The average Bonchev–Trinajstić information content (AvgIpc) is 3.42. The molecule has 4 aromatic carbocycles. The van der Waals surface area contributed by atoms with Crippen LogP contribution in [0.1, 0.15) is 62.8 Å². The lowest BCUT2D eigenvalue weighted by Crippen LogP contribution is -2.48. The first-order valence-electron chi connectivity index (χ1n) is 16.3. The van der Waals surface area contributed by atoms with Crippen LogP contribution in [-0.4, -0.2) is 35.5 Å². The number of rotatable bonds is 8. The molecule has 2 aliphatic heterocycles. The molecule has 1 spiro atoms. The molecule has 1 N–H and O–H groups in total. The van der Waals surface area contributed by atoms with E-state index < -0.39 is 18.6 Å². The number of likely N-dealkylation sites (N-methyl/N-ethyl adjacent to an activating group) is 2. The van der Waals surface area contributed by atoms with Crippen molar-refractivity contribution < 1.29 is 17.6 Å². The average molecular weight is 663 g/mol. The van der Waals surface area contributed by atoms with Gasteiger partial charge in [0.1, 0.15) is 28.8 Å². The topological polar surface area (TPSA) is 30.9 Å².